The van der Waals surface area contributed by atoms with E-state index in [1.165, 1.54) is 10.8 Å². The van der Waals surface area contributed by atoms with Gasteiger partial charge in [-0.2, -0.15) is 0 Å². The van der Waals surface area contributed by atoms with E-state index in [9.17, 15) is 9.59 Å². The molecule has 2 atom stereocenters. The second-order valence-electron chi connectivity index (χ2n) is 6.10. The zero-order valence-electron chi connectivity index (χ0n) is 13.0. The van der Waals surface area contributed by atoms with Gasteiger partial charge in [0.25, 0.3) is 5.56 Å². The van der Waals surface area contributed by atoms with Gasteiger partial charge < -0.3 is 4.90 Å². The average Bonchev–Trinajstić information content (AvgIpc) is 2.50. The van der Waals surface area contributed by atoms with Crippen molar-refractivity contribution in [2.75, 3.05) is 0 Å². The number of carbonyl (C=O) groups is 1. The lowest BCUT2D eigenvalue weighted by Gasteiger charge is -2.39. The molecule has 1 aliphatic rings. The van der Waals surface area contributed by atoms with Gasteiger partial charge in [0.05, 0.1) is 17.2 Å². The van der Waals surface area contributed by atoms with Crippen LogP contribution >= 0.6 is 0 Å². The van der Waals surface area contributed by atoms with Crippen molar-refractivity contribution in [1.82, 2.24) is 14.5 Å². The second kappa shape index (κ2) is 5.91. The Labute approximate surface area is 129 Å². The molecule has 5 nitrogen and oxygen atoms in total. The Morgan fingerprint density at radius 3 is 2.64 bits per heavy atom. The van der Waals surface area contributed by atoms with Crippen molar-refractivity contribution < 1.29 is 4.79 Å². The molecule has 0 spiro atoms. The number of para-hydroxylation sites is 2. The van der Waals surface area contributed by atoms with E-state index in [0.717, 1.165) is 24.8 Å². The predicted molar refractivity (Wildman–Crippen MR) is 85.6 cm³/mol. The molecule has 1 aromatic heterocycles. The lowest BCUT2D eigenvalue weighted by molar-refractivity contribution is -0.137. The molecule has 0 aliphatic carbocycles. The van der Waals surface area contributed by atoms with Crippen LogP contribution in [0, 0.1) is 0 Å². The van der Waals surface area contributed by atoms with Crippen molar-refractivity contribution in [1.29, 1.82) is 0 Å². The van der Waals surface area contributed by atoms with Crippen molar-refractivity contribution in [2.45, 2.75) is 51.7 Å². The summed E-state index contributed by atoms with van der Waals surface area (Å²) < 4.78 is 1.53. The molecular weight excluding hydrogens is 278 g/mol. The molecule has 3 rings (SSSR count). The Bertz CT molecular complexity index is 743. The Balaban J connectivity index is 1.94. The molecule has 1 aromatic carbocycles. The molecule has 0 saturated carbocycles. The monoisotopic (exact) mass is 299 g/mol. The number of hydrogen-bond donors (Lipinski definition) is 0. The number of nitrogens with zero attached hydrogens (tertiary/aromatic N) is 3. The fourth-order valence-corrected chi connectivity index (χ4v) is 3.41. The van der Waals surface area contributed by atoms with Crippen molar-refractivity contribution in [3.63, 3.8) is 0 Å². The third kappa shape index (κ3) is 2.63. The number of hydrogen-bond acceptors (Lipinski definition) is 3. The van der Waals surface area contributed by atoms with Gasteiger partial charge in [0.15, 0.2) is 0 Å². The lowest BCUT2D eigenvalue weighted by atomic mass is 9.97. The molecule has 1 saturated heterocycles. The highest BCUT2D eigenvalue weighted by Gasteiger charge is 2.29. The molecule has 1 amide bonds. The van der Waals surface area contributed by atoms with Crippen LogP contribution in [0.1, 0.15) is 33.1 Å². The average molecular weight is 299 g/mol. The van der Waals surface area contributed by atoms with Gasteiger partial charge in [-0.25, -0.2) is 4.98 Å². The van der Waals surface area contributed by atoms with E-state index in [2.05, 4.69) is 18.8 Å². The highest BCUT2D eigenvalue weighted by Crippen LogP contribution is 2.23. The van der Waals surface area contributed by atoms with Crippen LogP contribution in [-0.4, -0.2) is 32.4 Å². The van der Waals surface area contributed by atoms with Gasteiger partial charge in [0, 0.05) is 12.1 Å². The Kier molecular flexibility index (Phi) is 3.96. The van der Waals surface area contributed by atoms with E-state index < -0.39 is 0 Å². The second-order valence-corrected chi connectivity index (χ2v) is 6.10. The summed E-state index contributed by atoms with van der Waals surface area (Å²) in [5.41, 5.74) is 1.21. The maximum Gasteiger partial charge on any atom is 0.269 e. The highest BCUT2D eigenvalue weighted by atomic mass is 16.2. The maximum atomic E-state index is 12.7. The van der Waals surface area contributed by atoms with Crippen molar-refractivity contribution in [3.05, 3.63) is 40.8 Å². The normalized spacial score (nSPS) is 22.0. The summed E-state index contributed by atoms with van der Waals surface area (Å²) in [6.07, 6.45) is 4.51. The third-order valence-electron chi connectivity index (χ3n) is 4.53. The first-order valence-corrected chi connectivity index (χ1v) is 7.83. The van der Waals surface area contributed by atoms with Crippen LogP contribution in [-0.2, 0) is 11.3 Å². The van der Waals surface area contributed by atoms with Gasteiger partial charge in [-0.3, -0.25) is 14.2 Å². The zero-order chi connectivity index (χ0) is 15.7. The number of rotatable bonds is 2. The molecule has 1 aliphatic heterocycles. The van der Waals surface area contributed by atoms with Gasteiger partial charge in [-0.15, -0.1) is 0 Å². The number of benzene rings is 1. The van der Waals surface area contributed by atoms with E-state index in [-0.39, 0.29) is 30.1 Å². The number of amides is 1. The summed E-state index contributed by atoms with van der Waals surface area (Å²) in [5.74, 6) is 0.0122. The fourth-order valence-electron chi connectivity index (χ4n) is 3.41. The van der Waals surface area contributed by atoms with Gasteiger partial charge in [0.2, 0.25) is 5.91 Å². The molecule has 2 aromatic rings. The van der Waals surface area contributed by atoms with Gasteiger partial charge >= 0.3 is 0 Å². The van der Waals surface area contributed by atoms with Crippen LogP contribution in [0.15, 0.2) is 35.3 Å². The predicted octanol–water partition coefficient (Wildman–Crippen LogP) is 2.19. The number of carbonyl (C=O) groups excluding carboxylic acids is 1. The molecule has 0 unspecified atom stereocenters. The van der Waals surface area contributed by atoms with E-state index in [4.69, 9.17) is 0 Å². The summed E-state index contributed by atoms with van der Waals surface area (Å²) in [6, 6.07) is 7.89. The van der Waals surface area contributed by atoms with Crippen molar-refractivity contribution in [2.24, 2.45) is 0 Å². The van der Waals surface area contributed by atoms with Crippen LogP contribution in [0.5, 0.6) is 0 Å². The van der Waals surface area contributed by atoms with Crippen LogP contribution in [0.2, 0.25) is 0 Å². The summed E-state index contributed by atoms with van der Waals surface area (Å²) in [4.78, 5) is 30.9. The van der Waals surface area contributed by atoms with Crippen molar-refractivity contribution >= 4 is 16.9 Å². The number of likely N-dealkylation sites (tertiary alicyclic amines) is 1. The highest BCUT2D eigenvalue weighted by molar-refractivity contribution is 5.80. The summed E-state index contributed by atoms with van der Waals surface area (Å²) >= 11 is 0. The Morgan fingerprint density at radius 2 is 1.91 bits per heavy atom. The van der Waals surface area contributed by atoms with Crippen LogP contribution in [0.3, 0.4) is 0 Å². The molecule has 1 fully saturated rings. The molecule has 0 radical (unpaired) electrons. The smallest absolute Gasteiger partial charge is 0.269 e. The van der Waals surface area contributed by atoms with E-state index in [0.29, 0.717) is 5.52 Å². The first-order chi connectivity index (χ1) is 10.6. The van der Waals surface area contributed by atoms with Gasteiger partial charge in [0.1, 0.15) is 6.54 Å². The van der Waals surface area contributed by atoms with Crippen LogP contribution < -0.4 is 5.56 Å². The molecule has 5 heteroatoms. The standard InChI is InChI=1S/C17H21N3O2/c1-12-6-5-7-13(2)20(12)17(22)11-19-15-9-4-3-8-14(15)18-10-16(19)21/h3-4,8-10,12-13H,5-7,11H2,1-2H3/t12-,13+. The minimum Gasteiger partial charge on any atom is -0.336 e. The number of fused-ring (bicyclic) bond motifs is 1. The molecule has 2 heterocycles. The Morgan fingerprint density at radius 1 is 1.23 bits per heavy atom. The molecule has 0 bridgehead atoms. The molecule has 22 heavy (non-hydrogen) atoms. The summed E-state index contributed by atoms with van der Waals surface area (Å²) in [5, 5.41) is 0. The summed E-state index contributed by atoms with van der Waals surface area (Å²) in [6.45, 7) is 4.25. The van der Waals surface area contributed by atoms with E-state index in [1.54, 1.807) is 0 Å². The number of aromatic nitrogens is 2. The third-order valence-corrected chi connectivity index (χ3v) is 4.53. The topological polar surface area (TPSA) is 55.2 Å². The molecular formula is C17H21N3O2. The Hall–Kier alpha value is -2.17. The minimum absolute atomic E-state index is 0.0122. The quantitative estimate of drug-likeness (QED) is 0.854. The van der Waals surface area contributed by atoms with Crippen LogP contribution in [0.25, 0.3) is 11.0 Å². The zero-order valence-corrected chi connectivity index (χ0v) is 13.0. The van der Waals surface area contributed by atoms with E-state index in [1.807, 2.05) is 29.2 Å². The maximum absolute atomic E-state index is 12.7. The molecule has 0 N–H and O–H groups in total. The lowest BCUT2D eigenvalue weighted by Crippen LogP contribution is -2.49. The van der Waals surface area contributed by atoms with E-state index >= 15 is 0 Å². The van der Waals surface area contributed by atoms with Crippen molar-refractivity contribution in [3.8, 4) is 0 Å². The summed E-state index contributed by atoms with van der Waals surface area (Å²) in [7, 11) is 0. The van der Waals surface area contributed by atoms with Gasteiger partial charge in [-0.1, -0.05) is 12.1 Å². The number of piperidine rings is 1. The first kappa shape index (κ1) is 14.8. The SMILES string of the molecule is C[C@@H]1CCC[C@H](C)N1C(=O)Cn1c(=O)cnc2ccccc21. The first-order valence-electron chi connectivity index (χ1n) is 7.83. The largest absolute Gasteiger partial charge is 0.336 e. The van der Waals surface area contributed by atoms with Gasteiger partial charge in [-0.05, 0) is 45.2 Å². The minimum atomic E-state index is -0.232. The molecule has 116 valence electrons. The van der Waals surface area contributed by atoms with Crippen LogP contribution in [0.4, 0.5) is 0 Å². The fraction of sp³-hybridized carbons (Fsp3) is 0.471.